The Morgan fingerprint density at radius 1 is 1.56 bits per heavy atom. The number of rotatable bonds is 3. The van der Waals surface area contributed by atoms with Crippen molar-refractivity contribution >= 4 is 6.03 Å². The molecular formula is C6H13N2O. The molecule has 0 saturated heterocycles. The predicted molar refractivity (Wildman–Crippen MR) is 36.4 cm³/mol. The molecule has 3 heteroatoms. The lowest BCUT2D eigenvalue weighted by Crippen LogP contribution is -2.30. The molecule has 53 valence electrons. The number of urea groups is 1. The number of nitrogens with zero attached hydrogens (tertiary/aromatic N) is 1. The van der Waals surface area contributed by atoms with Gasteiger partial charge in [-0.15, -0.1) is 0 Å². The fourth-order valence-electron chi connectivity index (χ4n) is 0.431. The molecule has 0 aliphatic rings. The van der Waals surface area contributed by atoms with E-state index in [1.165, 1.54) is 0 Å². The van der Waals surface area contributed by atoms with E-state index in [2.05, 4.69) is 10.6 Å². The minimum Gasteiger partial charge on any atom is -0.337 e. The van der Waals surface area contributed by atoms with Crippen molar-refractivity contribution in [1.29, 1.82) is 0 Å². The summed E-state index contributed by atoms with van der Waals surface area (Å²) in [5.74, 6) is 0. The third-order valence-electron chi connectivity index (χ3n) is 0.828. The van der Waals surface area contributed by atoms with Gasteiger partial charge in [0.1, 0.15) is 0 Å². The van der Waals surface area contributed by atoms with Gasteiger partial charge in [-0.3, -0.25) is 0 Å². The molecule has 0 aromatic heterocycles. The van der Waals surface area contributed by atoms with Gasteiger partial charge in [-0.2, -0.15) is 0 Å². The van der Waals surface area contributed by atoms with Crippen molar-refractivity contribution in [2.45, 2.75) is 20.3 Å². The zero-order valence-corrected chi connectivity index (χ0v) is 5.98. The maximum absolute atomic E-state index is 10.5. The SMILES string of the molecule is CCCNC(=O)[N]CC. The molecule has 0 saturated carbocycles. The Hall–Kier alpha value is -0.730. The molecule has 1 radical (unpaired) electrons. The van der Waals surface area contributed by atoms with Crippen LogP contribution in [0.5, 0.6) is 0 Å². The van der Waals surface area contributed by atoms with Crippen LogP contribution in [-0.2, 0) is 0 Å². The summed E-state index contributed by atoms with van der Waals surface area (Å²) in [4.78, 5) is 10.5. The Bertz CT molecular complexity index is 83.1. The average molecular weight is 129 g/mol. The zero-order valence-electron chi connectivity index (χ0n) is 5.98. The topological polar surface area (TPSA) is 43.2 Å². The molecule has 0 heterocycles. The van der Waals surface area contributed by atoms with E-state index in [9.17, 15) is 4.79 Å². The van der Waals surface area contributed by atoms with Gasteiger partial charge < -0.3 is 5.32 Å². The highest BCUT2D eigenvalue weighted by Crippen LogP contribution is 1.71. The molecule has 0 unspecified atom stereocenters. The third kappa shape index (κ3) is 5.14. The number of carbonyl (C=O) groups is 1. The lowest BCUT2D eigenvalue weighted by Gasteiger charge is -1.99. The van der Waals surface area contributed by atoms with Crippen LogP contribution in [0, 0.1) is 0 Å². The molecule has 0 atom stereocenters. The summed E-state index contributed by atoms with van der Waals surface area (Å²) in [5.41, 5.74) is 0. The van der Waals surface area contributed by atoms with Crippen LogP contribution in [0.2, 0.25) is 0 Å². The van der Waals surface area contributed by atoms with E-state index in [1.807, 2.05) is 13.8 Å². The quantitative estimate of drug-likeness (QED) is 0.599. The van der Waals surface area contributed by atoms with E-state index in [1.54, 1.807) is 0 Å². The third-order valence-corrected chi connectivity index (χ3v) is 0.828. The summed E-state index contributed by atoms with van der Waals surface area (Å²) in [6.07, 6.45) is 0.963. The molecule has 0 rings (SSSR count). The summed E-state index contributed by atoms with van der Waals surface area (Å²) >= 11 is 0. The van der Waals surface area contributed by atoms with Crippen molar-refractivity contribution in [3.8, 4) is 0 Å². The van der Waals surface area contributed by atoms with Gasteiger partial charge in [0.2, 0.25) is 0 Å². The molecule has 0 aliphatic carbocycles. The normalized spacial score (nSPS) is 8.67. The number of nitrogens with one attached hydrogen (secondary N) is 1. The Morgan fingerprint density at radius 3 is 2.67 bits per heavy atom. The second-order valence-corrected chi connectivity index (χ2v) is 1.71. The first-order chi connectivity index (χ1) is 4.31. The van der Waals surface area contributed by atoms with Crippen molar-refractivity contribution in [2.75, 3.05) is 13.1 Å². The molecule has 3 nitrogen and oxygen atoms in total. The van der Waals surface area contributed by atoms with Crippen LogP contribution < -0.4 is 10.6 Å². The second kappa shape index (κ2) is 5.41. The van der Waals surface area contributed by atoms with Crippen LogP contribution in [0.15, 0.2) is 0 Å². The molecule has 1 N–H and O–H groups in total. The van der Waals surface area contributed by atoms with Gasteiger partial charge >= 0.3 is 6.03 Å². The summed E-state index contributed by atoms with van der Waals surface area (Å²) < 4.78 is 0. The first-order valence-electron chi connectivity index (χ1n) is 3.26. The summed E-state index contributed by atoms with van der Waals surface area (Å²) in [6.45, 7) is 5.13. The Kier molecular flexibility index (Phi) is 4.97. The molecule has 0 fully saturated rings. The van der Waals surface area contributed by atoms with Gasteiger partial charge in [-0.05, 0) is 13.3 Å². The van der Waals surface area contributed by atoms with Crippen LogP contribution in [0.1, 0.15) is 20.3 Å². The van der Waals surface area contributed by atoms with E-state index in [4.69, 9.17) is 0 Å². The monoisotopic (exact) mass is 129 g/mol. The minimum absolute atomic E-state index is 0.195. The zero-order chi connectivity index (χ0) is 7.11. The Morgan fingerprint density at radius 2 is 2.22 bits per heavy atom. The van der Waals surface area contributed by atoms with Gasteiger partial charge in [0.05, 0.1) is 0 Å². The highest BCUT2D eigenvalue weighted by Gasteiger charge is 1.94. The maximum Gasteiger partial charge on any atom is 0.336 e. The van der Waals surface area contributed by atoms with Crippen molar-refractivity contribution in [3.63, 3.8) is 0 Å². The number of amides is 2. The summed E-state index contributed by atoms with van der Waals surface area (Å²) in [7, 11) is 0. The molecule has 0 bridgehead atoms. The molecule has 0 aliphatic heterocycles. The van der Waals surface area contributed by atoms with E-state index in [0.717, 1.165) is 13.0 Å². The maximum atomic E-state index is 10.5. The van der Waals surface area contributed by atoms with Crippen molar-refractivity contribution in [1.82, 2.24) is 10.6 Å². The Labute approximate surface area is 55.8 Å². The fourth-order valence-corrected chi connectivity index (χ4v) is 0.431. The largest absolute Gasteiger partial charge is 0.337 e. The van der Waals surface area contributed by atoms with Crippen molar-refractivity contribution in [2.24, 2.45) is 0 Å². The molecule has 2 amide bonds. The lowest BCUT2D eigenvalue weighted by atomic mass is 10.5. The second-order valence-electron chi connectivity index (χ2n) is 1.71. The molecule has 9 heavy (non-hydrogen) atoms. The van der Waals surface area contributed by atoms with Crippen molar-refractivity contribution in [3.05, 3.63) is 0 Å². The van der Waals surface area contributed by atoms with Crippen LogP contribution in [0.3, 0.4) is 0 Å². The first kappa shape index (κ1) is 8.27. The Balaban J connectivity index is 3.06. The highest BCUT2D eigenvalue weighted by atomic mass is 16.2. The van der Waals surface area contributed by atoms with Gasteiger partial charge in [-0.1, -0.05) is 6.92 Å². The number of hydrogen-bond donors (Lipinski definition) is 1. The minimum atomic E-state index is -0.195. The standard InChI is InChI=1S/C6H13N2O/c1-3-5-8-6(9)7-4-2/h3-5H2,1-2H3,(H,8,9). The molecule has 0 spiro atoms. The summed E-state index contributed by atoms with van der Waals surface area (Å²) in [6, 6.07) is -0.195. The highest BCUT2D eigenvalue weighted by molar-refractivity contribution is 5.73. The van der Waals surface area contributed by atoms with Crippen LogP contribution in [-0.4, -0.2) is 19.1 Å². The van der Waals surface area contributed by atoms with Crippen molar-refractivity contribution < 1.29 is 4.79 Å². The summed E-state index contributed by atoms with van der Waals surface area (Å²) in [5, 5.41) is 6.24. The van der Waals surface area contributed by atoms with Gasteiger partial charge in [0, 0.05) is 13.1 Å². The smallest absolute Gasteiger partial charge is 0.336 e. The van der Waals surface area contributed by atoms with Crippen LogP contribution in [0.4, 0.5) is 4.79 Å². The van der Waals surface area contributed by atoms with Crippen LogP contribution in [0.25, 0.3) is 0 Å². The first-order valence-corrected chi connectivity index (χ1v) is 3.26. The van der Waals surface area contributed by atoms with E-state index in [-0.39, 0.29) is 6.03 Å². The van der Waals surface area contributed by atoms with Gasteiger partial charge in [0.25, 0.3) is 0 Å². The lowest BCUT2D eigenvalue weighted by molar-refractivity contribution is 0.240. The predicted octanol–water partition coefficient (Wildman–Crippen LogP) is 0.730. The molecule has 0 aromatic rings. The number of hydrogen-bond acceptors (Lipinski definition) is 1. The molecular weight excluding hydrogens is 116 g/mol. The fraction of sp³-hybridized carbons (Fsp3) is 0.833. The molecule has 0 aromatic carbocycles. The average Bonchev–Trinajstić information content (AvgIpc) is 1.85. The van der Waals surface area contributed by atoms with Gasteiger partial charge in [-0.25, -0.2) is 10.1 Å². The van der Waals surface area contributed by atoms with Crippen LogP contribution >= 0.6 is 0 Å². The van der Waals surface area contributed by atoms with E-state index >= 15 is 0 Å². The van der Waals surface area contributed by atoms with E-state index < -0.39 is 0 Å². The van der Waals surface area contributed by atoms with E-state index in [0.29, 0.717) is 6.54 Å². The number of carbonyl (C=O) groups excluding carboxylic acids is 1. The van der Waals surface area contributed by atoms with Gasteiger partial charge in [0.15, 0.2) is 0 Å².